The second kappa shape index (κ2) is 5.43. The Bertz CT molecular complexity index is 675. The molecule has 2 aromatic carbocycles. The normalized spacial score (nSPS) is 13.2. The highest BCUT2D eigenvalue weighted by atomic mass is 19.4. The second-order valence-electron chi connectivity index (χ2n) is 4.82. The summed E-state index contributed by atoms with van der Waals surface area (Å²) in [7, 11) is 0. The molecule has 1 nitrogen and oxygen atoms in total. The van der Waals surface area contributed by atoms with E-state index in [0.29, 0.717) is 12.1 Å². The minimum Gasteiger partial charge on any atom is -0.398 e. The highest BCUT2D eigenvalue weighted by molar-refractivity contribution is 5.77. The predicted molar refractivity (Wildman–Crippen MR) is 71.2 cm³/mol. The maximum atomic E-state index is 14.1. The molecule has 23 heavy (non-hydrogen) atoms. The van der Waals surface area contributed by atoms with E-state index in [9.17, 15) is 30.7 Å². The van der Waals surface area contributed by atoms with Gasteiger partial charge in [0.2, 0.25) is 0 Å². The zero-order valence-electron chi connectivity index (χ0n) is 11.3. The summed E-state index contributed by atoms with van der Waals surface area (Å²) in [4.78, 5) is 0. The number of hydrogen-bond acceptors (Lipinski definition) is 1. The lowest BCUT2D eigenvalue weighted by Crippen LogP contribution is -2.50. The van der Waals surface area contributed by atoms with Gasteiger partial charge in [-0.25, -0.2) is 4.39 Å². The molecule has 8 heteroatoms. The van der Waals surface area contributed by atoms with Crippen molar-refractivity contribution in [1.29, 1.82) is 0 Å². The van der Waals surface area contributed by atoms with Crippen molar-refractivity contribution in [2.45, 2.75) is 18.0 Å². The van der Waals surface area contributed by atoms with Crippen molar-refractivity contribution in [3.63, 3.8) is 0 Å². The van der Waals surface area contributed by atoms with Gasteiger partial charge in [-0.3, -0.25) is 0 Å². The van der Waals surface area contributed by atoms with Gasteiger partial charge < -0.3 is 5.73 Å². The van der Waals surface area contributed by atoms with Crippen molar-refractivity contribution in [2.75, 3.05) is 5.73 Å². The number of nitrogen functional groups attached to an aromatic ring is 1. The Morgan fingerprint density at radius 1 is 0.696 bits per heavy atom. The van der Waals surface area contributed by atoms with Crippen LogP contribution in [0.4, 0.5) is 36.4 Å². The topological polar surface area (TPSA) is 26.0 Å². The number of benzene rings is 2. The number of anilines is 1. The molecule has 2 aromatic rings. The number of hydrogen-bond donors (Lipinski definition) is 1. The van der Waals surface area contributed by atoms with Gasteiger partial charge >= 0.3 is 18.0 Å². The summed E-state index contributed by atoms with van der Waals surface area (Å²) in [6.45, 7) is 0. The number of rotatable bonds is 2. The average molecular weight is 337 g/mol. The van der Waals surface area contributed by atoms with E-state index in [1.165, 1.54) is 24.3 Å². The molecule has 0 aliphatic heterocycles. The van der Waals surface area contributed by atoms with E-state index in [1.807, 2.05) is 0 Å². The molecule has 0 amide bonds. The highest BCUT2D eigenvalue weighted by Gasteiger charge is 2.73. The average Bonchev–Trinajstić information content (AvgIpc) is 2.45. The molecule has 0 radical (unpaired) electrons. The third kappa shape index (κ3) is 2.85. The molecule has 0 heterocycles. The van der Waals surface area contributed by atoms with Crippen molar-refractivity contribution in [3.8, 4) is 11.1 Å². The molecule has 0 spiro atoms. The van der Waals surface area contributed by atoms with Crippen molar-refractivity contribution in [1.82, 2.24) is 0 Å². The third-order valence-electron chi connectivity index (χ3n) is 3.32. The van der Waals surface area contributed by atoms with Gasteiger partial charge in [-0.1, -0.05) is 36.4 Å². The fraction of sp³-hybridized carbons (Fsp3) is 0.200. The van der Waals surface area contributed by atoms with Crippen LogP contribution in [0, 0.1) is 0 Å². The standard InChI is InChI=1S/C15H10F7N/c16-13(14(17,18)19,15(20,21)22)10-6-7-12(23)11(8-10)9-4-2-1-3-5-9/h1-8H,23H2. The fourth-order valence-electron chi connectivity index (χ4n) is 2.13. The molecule has 0 aromatic heterocycles. The molecule has 0 aliphatic carbocycles. The Hall–Kier alpha value is -2.25. The molecule has 2 N–H and O–H groups in total. The van der Waals surface area contributed by atoms with Crippen molar-refractivity contribution in [3.05, 3.63) is 54.1 Å². The molecule has 0 unspecified atom stereocenters. The van der Waals surface area contributed by atoms with Gasteiger partial charge in [0.25, 0.3) is 0 Å². The van der Waals surface area contributed by atoms with Crippen molar-refractivity contribution < 1.29 is 30.7 Å². The van der Waals surface area contributed by atoms with Crippen LogP contribution < -0.4 is 5.73 Å². The van der Waals surface area contributed by atoms with Crippen molar-refractivity contribution in [2.24, 2.45) is 0 Å². The Labute approximate surface area is 126 Å². The maximum Gasteiger partial charge on any atom is 0.435 e. The van der Waals surface area contributed by atoms with Crippen LogP contribution in [0.5, 0.6) is 0 Å². The lowest BCUT2D eigenvalue weighted by Gasteiger charge is -2.30. The first-order valence-electron chi connectivity index (χ1n) is 6.26. The predicted octanol–water partition coefficient (Wildman–Crippen LogP) is 5.23. The summed E-state index contributed by atoms with van der Waals surface area (Å²) in [6, 6.07) is 9.23. The maximum absolute atomic E-state index is 14.1. The molecule has 2 rings (SSSR count). The molecule has 124 valence electrons. The van der Waals surface area contributed by atoms with E-state index in [1.54, 1.807) is 6.07 Å². The Balaban J connectivity index is 2.69. The largest absolute Gasteiger partial charge is 0.435 e. The lowest BCUT2D eigenvalue weighted by atomic mass is 9.90. The number of alkyl halides is 7. The molecular weight excluding hydrogens is 327 g/mol. The van der Waals surface area contributed by atoms with Gasteiger partial charge in [0.1, 0.15) is 0 Å². The van der Waals surface area contributed by atoms with Gasteiger partial charge in [0.05, 0.1) is 0 Å². The van der Waals surface area contributed by atoms with Crippen LogP contribution in [0.3, 0.4) is 0 Å². The van der Waals surface area contributed by atoms with Gasteiger partial charge in [-0.15, -0.1) is 0 Å². The molecule has 0 atom stereocenters. The quantitative estimate of drug-likeness (QED) is 0.590. The van der Waals surface area contributed by atoms with Gasteiger partial charge in [0.15, 0.2) is 0 Å². The Morgan fingerprint density at radius 3 is 1.70 bits per heavy atom. The van der Waals surface area contributed by atoms with Crippen LogP contribution in [0.1, 0.15) is 5.56 Å². The molecule has 0 bridgehead atoms. The minimum atomic E-state index is -6.16. The SMILES string of the molecule is Nc1ccc(C(F)(C(F)(F)F)C(F)(F)F)cc1-c1ccccc1. The first-order valence-corrected chi connectivity index (χ1v) is 6.26. The third-order valence-corrected chi connectivity index (χ3v) is 3.32. The summed E-state index contributed by atoms with van der Waals surface area (Å²) >= 11 is 0. The highest BCUT2D eigenvalue weighted by Crippen LogP contribution is 2.53. The van der Waals surface area contributed by atoms with Crippen LogP contribution in [0.25, 0.3) is 11.1 Å². The smallest absolute Gasteiger partial charge is 0.398 e. The van der Waals surface area contributed by atoms with Crippen LogP contribution in [-0.2, 0) is 5.67 Å². The van der Waals surface area contributed by atoms with E-state index >= 15 is 0 Å². The summed E-state index contributed by atoms with van der Waals surface area (Å²) in [6.07, 6.45) is -12.3. The first-order chi connectivity index (χ1) is 10.5. The zero-order chi connectivity index (χ0) is 17.5. The summed E-state index contributed by atoms with van der Waals surface area (Å²) in [5.74, 6) is 0. The molecular formula is C15H10F7N. The minimum absolute atomic E-state index is 0.0633. The van der Waals surface area contributed by atoms with Crippen LogP contribution in [-0.4, -0.2) is 12.4 Å². The first kappa shape index (κ1) is 17.1. The molecule has 0 saturated heterocycles. The lowest BCUT2D eigenvalue weighted by molar-refractivity contribution is -0.348. The zero-order valence-corrected chi connectivity index (χ0v) is 11.3. The Kier molecular flexibility index (Phi) is 4.04. The van der Waals surface area contributed by atoms with E-state index in [4.69, 9.17) is 5.73 Å². The summed E-state index contributed by atoms with van der Waals surface area (Å²) < 4.78 is 90.8. The van der Waals surface area contributed by atoms with E-state index < -0.39 is 23.6 Å². The van der Waals surface area contributed by atoms with E-state index in [2.05, 4.69) is 0 Å². The Morgan fingerprint density at radius 2 is 1.22 bits per heavy atom. The second-order valence-corrected chi connectivity index (χ2v) is 4.82. The summed E-state index contributed by atoms with van der Waals surface area (Å²) in [5.41, 5.74) is -1.34. The van der Waals surface area contributed by atoms with E-state index in [0.717, 1.165) is 6.07 Å². The van der Waals surface area contributed by atoms with Gasteiger partial charge in [0, 0.05) is 16.8 Å². The number of halogens is 7. The monoisotopic (exact) mass is 337 g/mol. The summed E-state index contributed by atoms with van der Waals surface area (Å²) in [5, 5.41) is 0. The van der Waals surface area contributed by atoms with Gasteiger partial charge in [-0.05, 0) is 17.7 Å². The molecule has 0 saturated carbocycles. The number of nitrogens with two attached hydrogens (primary N) is 1. The van der Waals surface area contributed by atoms with E-state index in [-0.39, 0.29) is 16.8 Å². The molecule has 0 fully saturated rings. The van der Waals surface area contributed by atoms with Crippen molar-refractivity contribution >= 4 is 5.69 Å². The van der Waals surface area contributed by atoms with Crippen LogP contribution >= 0.6 is 0 Å². The fourth-order valence-corrected chi connectivity index (χ4v) is 2.13. The molecule has 0 aliphatic rings. The van der Waals surface area contributed by atoms with Gasteiger partial charge in [-0.2, -0.15) is 26.3 Å². The van der Waals surface area contributed by atoms with Crippen LogP contribution in [0.15, 0.2) is 48.5 Å². The van der Waals surface area contributed by atoms with Crippen LogP contribution in [0.2, 0.25) is 0 Å².